The Labute approximate surface area is 206 Å². The number of anilines is 1. The van der Waals surface area contributed by atoms with Crippen molar-refractivity contribution in [1.29, 1.82) is 5.26 Å². The van der Waals surface area contributed by atoms with Crippen LogP contribution in [-0.2, 0) is 10.4 Å². The van der Waals surface area contributed by atoms with Crippen LogP contribution in [0.1, 0.15) is 36.9 Å². The van der Waals surface area contributed by atoms with E-state index in [0.717, 1.165) is 25.3 Å². The molecule has 1 saturated carbocycles. The van der Waals surface area contributed by atoms with Gasteiger partial charge >= 0.3 is 6.18 Å². The van der Waals surface area contributed by atoms with Gasteiger partial charge in [-0.3, -0.25) is 9.78 Å². The SMILES string of the molecule is N#CC[C@@H](C1CC1)N1NC(Nc2ccc(C(O)(c3ccccn3)C(F)(F)F)cc2)C2C(=O)NCCC21. The molecular weight excluding hydrogens is 473 g/mol. The van der Waals surface area contributed by atoms with Crippen LogP contribution in [0.2, 0.25) is 0 Å². The summed E-state index contributed by atoms with van der Waals surface area (Å²) in [5.41, 5.74) is -0.273. The molecule has 3 fully saturated rings. The maximum Gasteiger partial charge on any atom is 0.427 e. The van der Waals surface area contributed by atoms with E-state index in [4.69, 9.17) is 0 Å². The number of halogens is 3. The number of nitrogens with zero attached hydrogens (tertiary/aromatic N) is 3. The molecule has 36 heavy (non-hydrogen) atoms. The average molecular weight is 501 g/mol. The highest BCUT2D eigenvalue weighted by atomic mass is 19.4. The molecule has 8 nitrogen and oxygen atoms in total. The van der Waals surface area contributed by atoms with E-state index in [-0.39, 0.29) is 23.6 Å². The topological polar surface area (TPSA) is 113 Å². The van der Waals surface area contributed by atoms with E-state index in [2.05, 4.69) is 32.1 Å². The summed E-state index contributed by atoms with van der Waals surface area (Å²) in [4.78, 5) is 16.5. The Morgan fingerprint density at radius 2 is 1.94 bits per heavy atom. The molecule has 3 heterocycles. The zero-order valence-corrected chi connectivity index (χ0v) is 19.4. The van der Waals surface area contributed by atoms with Gasteiger partial charge in [0.2, 0.25) is 11.5 Å². The van der Waals surface area contributed by atoms with E-state index in [9.17, 15) is 28.3 Å². The summed E-state index contributed by atoms with van der Waals surface area (Å²) in [6.07, 6.45) is -1.11. The maximum atomic E-state index is 14.0. The highest BCUT2D eigenvalue weighted by molar-refractivity contribution is 5.82. The van der Waals surface area contributed by atoms with Crippen LogP contribution >= 0.6 is 0 Å². The molecule has 1 aliphatic carbocycles. The fourth-order valence-electron chi connectivity index (χ4n) is 5.39. The number of alkyl halides is 3. The zero-order valence-electron chi connectivity index (χ0n) is 19.4. The van der Waals surface area contributed by atoms with Crippen molar-refractivity contribution in [3.63, 3.8) is 0 Å². The molecule has 1 aromatic heterocycles. The molecule has 11 heteroatoms. The van der Waals surface area contributed by atoms with E-state index in [1.54, 1.807) is 0 Å². The Hall–Kier alpha value is -3.20. The maximum absolute atomic E-state index is 14.0. The van der Waals surface area contributed by atoms with E-state index >= 15 is 0 Å². The quantitative estimate of drug-likeness (QED) is 0.462. The number of amides is 1. The molecule has 0 bridgehead atoms. The van der Waals surface area contributed by atoms with Gasteiger partial charge in [0.1, 0.15) is 6.17 Å². The number of aromatic nitrogens is 1. The van der Waals surface area contributed by atoms with E-state index < -0.39 is 29.6 Å². The van der Waals surface area contributed by atoms with Crippen molar-refractivity contribution in [3.8, 4) is 6.07 Å². The van der Waals surface area contributed by atoms with Gasteiger partial charge < -0.3 is 15.7 Å². The second-order valence-electron chi connectivity index (χ2n) is 9.60. The second kappa shape index (κ2) is 9.35. The Morgan fingerprint density at radius 1 is 1.19 bits per heavy atom. The smallest absolute Gasteiger partial charge is 0.371 e. The minimum atomic E-state index is -4.99. The van der Waals surface area contributed by atoms with Crippen molar-refractivity contribution < 1.29 is 23.1 Å². The standard InChI is InChI=1S/C25H27F3N6O2/c26-25(27,28)24(36,20-3-1-2-13-30-20)16-6-8-17(9-7-16)32-22-21-19(11-14-31-23(21)35)34(33-22)18(10-12-29)15-4-5-15/h1-3,6-9,13,15,18-19,21-22,32-33,36H,4-5,10-11,14H2,(H,31,35)/t18-,19?,21?,22?,24?/m0/s1. The third-order valence-electron chi connectivity index (χ3n) is 7.36. The minimum Gasteiger partial charge on any atom is -0.371 e. The molecule has 0 spiro atoms. The first-order valence-electron chi connectivity index (χ1n) is 12.0. The Morgan fingerprint density at radius 3 is 2.56 bits per heavy atom. The van der Waals surface area contributed by atoms with Crippen LogP contribution in [0.25, 0.3) is 0 Å². The van der Waals surface area contributed by atoms with Crippen molar-refractivity contribution in [2.45, 2.75) is 55.7 Å². The van der Waals surface area contributed by atoms with Crippen LogP contribution in [0, 0.1) is 23.2 Å². The lowest BCUT2D eigenvalue weighted by Gasteiger charge is -2.34. The van der Waals surface area contributed by atoms with Crippen LogP contribution in [0.3, 0.4) is 0 Å². The third kappa shape index (κ3) is 4.30. The summed E-state index contributed by atoms with van der Waals surface area (Å²) in [7, 11) is 0. The molecule has 1 aromatic carbocycles. The molecule has 5 atom stereocenters. The lowest BCUT2D eigenvalue weighted by Crippen LogP contribution is -2.52. The fourth-order valence-corrected chi connectivity index (χ4v) is 5.39. The molecule has 190 valence electrons. The number of carbonyl (C=O) groups is 1. The van der Waals surface area contributed by atoms with E-state index in [1.807, 2.05) is 0 Å². The van der Waals surface area contributed by atoms with Gasteiger partial charge in [-0.2, -0.15) is 18.4 Å². The van der Waals surface area contributed by atoms with Crippen molar-refractivity contribution in [3.05, 3.63) is 59.9 Å². The molecule has 2 saturated heterocycles. The largest absolute Gasteiger partial charge is 0.427 e. The van der Waals surface area contributed by atoms with Crippen LogP contribution in [-0.4, -0.2) is 52.0 Å². The summed E-state index contributed by atoms with van der Waals surface area (Å²) < 4.78 is 42.0. The van der Waals surface area contributed by atoms with Crippen LogP contribution in [0.5, 0.6) is 0 Å². The number of hydrazine groups is 1. The van der Waals surface area contributed by atoms with E-state index in [1.165, 1.54) is 42.6 Å². The highest BCUT2D eigenvalue weighted by Crippen LogP contribution is 2.44. The number of hydrogen-bond donors (Lipinski definition) is 4. The van der Waals surface area contributed by atoms with Gasteiger partial charge in [0.05, 0.1) is 24.1 Å². The molecule has 1 amide bonds. The molecule has 2 aromatic rings. The number of hydrogen-bond acceptors (Lipinski definition) is 7. The van der Waals surface area contributed by atoms with Gasteiger partial charge in [0.15, 0.2) is 0 Å². The van der Waals surface area contributed by atoms with Crippen molar-refractivity contribution in [2.24, 2.45) is 11.8 Å². The summed E-state index contributed by atoms with van der Waals surface area (Å²) in [5, 5.41) is 28.3. The number of pyridine rings is 1. The lowest BCUT2D eigenvalue weighted by molar-refractivity contribution is -0.249. The van der Waals surface area contributed by atoms with Gasteiger partial charge in [-0.05, 0) is 55.0 Å². The van der Waals surface area contributed by atoms with Crippen molar-refractivity contribution in [1.82, 2.24) is 20.7 Å². The third-order valence-corrected chi connectivity index (χ3v) is 7.36. The van der Waals surface area contributed by atoms with Crippen LogP contribution < -0.4 is 16.1 Å². The minimum absolute atomic E-state index is 0.00254. The zero-order chi connectivity index (χ0) is 25.5. The lowest BCUT2D eigenvalue weighted by atomic mass is 9.88. The van der Waals surface area contributed by atoms with Gasteiger partial charge in [-0.25, -0.2) is 10.4 Å². The summed E-state index contributed by atoms with van der Waals surface area (Å²) >= 11 is 0. The first-order chi connectivity index (χ1) is 17.2. The van der Waals surface area contributed by atoms with E-state index in [0.29, 0.717) is 24.6 Å². The van der Waals surface area contributed by atoms with Gasteiger partial charge in [-0.15, -0.1) is 0 Å². The van der Waals surface area contributed by atoms with Gasteiger partial charge in [0, 0.05) is 30.5 Å². The summed E-state index contributed by atoms with van der Waals surface area (Å²) in [6.45, 7) is 0.549. The molecule has 0 radical (unpaired) electrons. The number of fused-ring (bicyclic) bond motifs is 1. The predicted octanol–water partition coefficient (Wildman–Crippen LogP) is 2.63. The summed E-state index contributed by atoms with van der Waals surface area (Å²) in [6, 6.07) is 11.5. The first-order valence-corrected chi connectivity index (χ1v) is 12.0. The van der Waals surface area contributed by atoms with Crippen molar-refractivity contribution in [2.75, 3.05) is 11.9 Å². The van der Waals surface area contributed by atoms with Gasteiger partial charge in [-0.1, -0.05) is 18.2 Å². The van der Waals surface area contributed by atoms with Gasteiger partial charge in [0.25, 0.3) is 0 Å². The molecule has 3 aliphatic rings. The number of nitrogens with one attached hydrogen (secondary N) is 3. The number of carbonyl (C=O) groups excluding carboxylic acids is 1. The van der Waals surface area contributed by atoms with Crippen molar-refractivity contribution >= 4 is 11.6 Å². The fraction of sp³-hybridized carbons (Fsp3) is 0.480. The summed E-state index contributed by atoms with van der Waals surface area (Å²) in [5.74, 6) is -0.130. The molecule has 4 unspecified atom stereocenters. The Balaban J connectivity index is 1.39. The normalized spacial score (nSPS) is 26.9. The number of rotatable bonds is 7. The average Bonchev–Trinajstić information content (AvgIpc) is 3.64. The number of benzene rings is 1. The number of nitriles is 1. The highest BCUT2D eigenvalue weighted by Gasteiger charge is 2.57. The number of piperidine rings is 1. The monoisotopic (exact) mass is 500 g/mol. The molecule has 2 aliphatic heterocycles. The predicted molar refractivity (Wildman–Crippen MR) is 124 cm³/mol. The first kappa shape index (κ1) is 24.5. The molecule has 4 N–H and O–H groups in total. The Bertz CT molecular complexity index is 1140. The Kier molecular flexibility index (Phi) is 6.36. The van der Waals surface area contributed by atoms with Crippen LogP contribution in [0.15, 0.2) is 48.7 Å². The molecular formula is C25H27F3N6O2. The number of aliphatic hydroxyl groups is 1. The second-order valence-corrected chi connectivity index (χ2v) is 9.60. The van der Waals surface area contributed by atoms with Crippen LogP contribution in [0.4, 0.5) is 18.9 Å². The molecule has 5 rings (SSSR count).